The third kappa shape index (κ3) is 4.26. The normalized spacial score (nSPS) is 12.5. The van der Waals surface area contributed by atoms with Gasteiger partial charge in [-0.25, -0.2) is 4.99 Å². The van der Waals surface area contributed by atoms with Gasteiger partial charge in [-0.15, -0.1) is 22.7 Å². The second-order valence-electron chi connectivity index (χ2n) is 5.82. The molecule has 5 heteroatoms. The minimum Gasteiger partial charge on any atom is -0.497 e. The van der Waals surface area contributed by atoms with Gasteiger partial charge in [-0.3, -0.25) is 0 Å². The fraction of sp³-hybridized carbons (Fsp3) is 0.190. The maximum absolute atomic E-state index is 6.53. The quantitative estimate of drug-likeness (QED) is 0.394. The summed E-state index contributed by atoms with van der Waals surface area (Å²) in [7, 11) is 1.68. The molecule has 3 rings (SSSR count). The first-order valence-electron chi connectivity index (χ1n) is 8.27. The number of allylic oxidation sites excluding steroid dienone is 1. The van der Waals surface area contributed by atoms with Crippen LogP contribution in [0.25, 0.3) is 15.5 Å². The summed E-state index contributed by atoms with van der Waals surface area (Å²) in [6, 6.07) is 12.3. The Hall–Kier alpha value is -1.88. The van der Waals surface area contributed by atoms with Crippen molar-refractivity contribution in [3.8, 4) is 16.2 Å². The standard InChI is InChI=1S/C21H20ClNOS2/c1-4-18(22)20-17(19-6-5-11-25-19)13-26-21(20)23-14(2)12-15-7-9-16(24-3)10-8-15/h4-11,13H,12H2,1-3H3. The zero-order valence-corrected chi connectivity index (χ0v) is 17.3. The smallest absolute Gasteiger partial charge is 0.125 e. The molecule has 26 heavy (non-hydrogen) atoms. The molecule has 0 fully saturated rings. The highest BCUT2D eigenvalue weighted by molar-refractivity contribution is 7.16. The molecule has 0 unspecified atom stereocenters. The van der Waals surface area contributed by atoms with E-state index in [-0.39, 0.29) is 0 Å². The Balaban J connectivity index is 1.91. The Labute approximate surface area is 167 Å². The van der Waals surface area contributed by atoms with Gasteiger partial charge in [-0.05, 0) is 43.0 Å². The van der Waals surface area contributed by atoms with Crippen LogP contribution in [0.3, 0.4) is 0 Å². The molecule has 0 bridgehead atoms. The lowest BCUT2D eigenvalue weighted by atomic mass is 10.1. The third-order valence-corrected chi connectivity index (χ3v) is 6.14. The van der Waals surface area contributed by atoms with Crippen molar-refractivity contribution in [3.63, 3.8) is 0 Å². The topological polar surface area (TPSA) is 21.6 Å². The first kappa shape index (κ1) is 18.9. The number of benzene rings is 1. The molecule has 0 atom stereocenters. The molecular weight excluding hydrogens is 382 g/mol. The van der Waals surface area contributed by atoms with E-state index in [2.05, 4.69) is 41.9 Å². The summed E-state index contributed by atoms with van der Waals surface area (Å²) < 4.78 is 5.21. The fourth-order valence-corrected chi connectivity index (χ4v) is 4.76. The van der Waals surface area contributed by atoms with E-state index in [4.69, 9.17) is 21.3 Å². The molecule has 0 radical (unpaired) electrons. The minimum atomic E-state index is 0.741. The second-order valence-corrected chi connectivity index (χ2v) is 8.03. The number of ether oxygens (including phenoxy) is 1. The molecule has 134 valence electrons. The predicted octanol–water partition coefficient (Wildman–Crippen LogP) is 7.42. The summed E-state index contributed by atoms with van der Waals surface area (Å²) in [5.74, 6) is 0.865. The van der Waals surface area contributed by atoms with E-state index in [9.17, 15) is 0 Å². The number of hydrogen-bond acceptors (Lipinski definition) is 4. The first-order chi connectivity index (χ1) is 12.6. The molecule has 0 N–H and O–H groups in total. The van der Waals surface area contributed by atoms with Gasteiger partial charge in [0.15, 0.2) is 0 Å². The molecule has 2 heterocycles. The summed E-state index contributed by atoms with van der Waals surface area (Å²) in [5.41, 5.74) is 4.44. The lowest BCUT2D eigenvalue weighted by Crippen LogP contribution is -1.97. The summed E-state index contributed by atoms with van der Waals surface area (Å²) in [6.07, 6.45) is 2.72. The molecule has 0 aliphatic heterocycles. The highest BCUT2D eigenvalue weighted by Gasteiger charge is 2.16. The van der Waals surface area contributed by atoms with Crippen molar-refractivity contribution in [1.82, 2.24) is 0 Å². The zero-order chi connectivity index (χ0) is 18.5. The monoisotopic (exact) mass is 401 g/mol. The van der Waals surface area contributed by atoms with Crippen LogP contribution >= 0.6 is 34.3 Å². The Morgan fingerprint density at radius 3 is 2.58 bits per heavy atom. The molecule has 0 aliphatic rings. The number of hydrogen-bond donors (Lipinski definition) is 0. The molecule has 0 spiro atoms. The summed E-state index contributed by atoms with van der Waals surface area (Å²) in [6.45, 7) is 4.01. The summed E-state index contributed by atoms with van der Waals surface area (Å²) in [5, 5.41) is 5.93. The van der Waals surface area contributed by atoms with Crippen LogP contribution in [0.1, 0.15) is 25.0 Å². The largest absolute Gasteiger partial charge is 0.497 e. The van der Waals surface area contributed by atoms with Crippen LogP contribution in [-0.4, -0.2) is 12.8 Å². The molecule has 0 amide bonds. The van der Waals surface area contributed by atoms with Gasteiger partial charge in [-0.1, -0.05) is 35.9 Å². The molecule has 1 aromatic carbocycles. The molecule has 3 aromatic rings. The van der Waals surface area contributed by atoms with E-state index in [0.717, 1.165) is 39.0 Å². The number of rotatable bonds is 6. The Bertz CT molecular complexity index is 922. The lowest BCUT2D eigenvalue weighted by Gasteiger charge is -2.06. The van der Waals surface area contributed by atoms with Crippen LogP contribution in [0.15, 0.2) is 58.2 Å². The number of thiophene rings is 2. The van der Waals surface area contributed by atoms with Gasteiger partial charge < -0.3 is 4.74 Å². The van der Waals surface area contributed by atoms with E-state index in [1.807, 2.05) is 25.1 Å². The number of nitrogens with zero attached hydrogens (tertiary/aromatic N) is 1. The van der Waals surface area contributed by atoms with E-state index < -0.39 is 0 Å². The van der Waals surface area contributed by atoms with Gasteiger partial charge in [0, 0.05) is 38.5 Å². The Morgan fingerprint density at radius 2 is 1.96 bits per heavy atom. The van der Waals surface area contributed by atoms with Gasteiger partial charge in [0.1, 0.15) is 10.8 Å². The summed E-state index contributed by atoms with van der Waals surface area (Å²) >= 11 is 9.88. The van der Waals surface area contributed by atoms with E-state index in [1.165, 1.54) is 10.4 Å². The minimum absolute atomic E-state index is 0.741. The van der Waals surface area contributed by atoms with Crippen molar-refractivity contribution in [3.05, 3.63) is 64.4 Å². The number of aliphatic imine (C=N–C) groups is 1. The van der Waals surface area contributed by atoms with Crippen LogP contribution in [0.5, 0.6) is 5.75 Å². The summed E-state index contributed by atoms with van der Waals surface area (Å²) in [4.78, 5) is 6.09. The van der Waals surface area contributed by atoms with Gasteiger partial charge in [0.25, 0.3) is 0 Å². The zero-order valence-electron chi connectivity index (χ0n) is 15.0. The maximum atomic E-state index is 6.53. The van der Waals surface area contributed by atoms with Crippen LogP contribution in [-0.2, 0) is 6.42 Å². The highest BCUT2D eigenvalue weighted by atomic mass is 35.5. The van der Waals surface area contributed by atoms with Crippen molar-refractivity contribution >= 4 is 50.0 Å². The average Bonchev–Trinajstić information content (AvgIpc) is 3.31. The highest BCUT2D eigenvalue weighted by Crippen LogP contribution is 2.44. The molecule has 2 nitrogen and oxygen atoms in total. The molecule has 0 saturated carbocycles. The molecular formula is C21H20ClNOS2. The van der Waals surface area contributed by atoms with Gasteiger partial charge in [0.2, 0.25) is 0 Å². The lowest BCUT2D eigenvalue weighted by molar-refractivity contribution is 0.414. The molecule has 0 aliphatic carbocycles. The third-order valence-electron chi connectivity index (χ3n) is 3.96. The maximum Gasteiger partial charge on any atom is 0.125 e. The van der Waals surface area contributed by atoms with E-state index in [1.54, 1.807) is 29.8 Å². The van der Waals surface area contributed by atoms with Crippen LogP contribution in [0.2, 0.25) is 0 Å². The van der Waals surface area contributed by atoms with Crippen molar-refractivity contribution in [2.75, 3.05) is 7.11 Å². The Morgan fingerprint density at radius 1 is 1.19 bits per heavy atom. The van der Waals surface area contributed by atoms with Gasteiger partial charge in [0.05, 0.1) is 7.11 Å². The number of halogens is 1. The number of methoxy groups -OCH3 is 1. The fourth-order valence-electron chi connectivity index (χ4n) is 2.67. The average molecular weight is 402 g/mol. The Kier molecular flexibility index (Phi) is 6.30. The van der Waals surface area contributed by atoms with Crippen molar-refractivity contribution in [2.24, 2.45) is 4.99 Å². The van der Waals surface area contributed by atoms with E-state index in [0.29, 0.717) is 0 Å². The second kappa shape index (κ2) is 8.67. The van der Waals surface area contributed by atoms with Crippen LogP contribution < -0.4 is 4.74 Å². The first-order valence-corrected chi connectivity index (χ1v) is 10.4. The SMILES string of the molecule is CC=C(Cl)c1c(-c2cccs2)csc1N=C(C)Cc1ccc(OC)cc1. The van der Waals surface area contributed by atoms with Gasteiger partial charge in [-0.2, -0.15) is 0 Å². The van der Waals surface area contributed by atoms with Crippen molar-refractivity contribution in [2.45, 2.75) is 20.3 Å². The van der Waals surface area contributed by atoms with Gasteiger partial charge >= 0.3 is 0 Å². The van der Waals surface area contributed by atoms with Crippen LogP contribution in [0.4, 0.5) is 5.00 Å². The van der Waals surface area contributed by atoms with Crippen LogP contribution in [0, 0.1) is 0 Å². The molecule has 0 saturated heterocycles. The van der Waals surface area contributed by atoms with Crippen molar-refractivity contribution < 1.29 is 4.74 Å². The van der Waals surface area contributed by atoms with Crippen molar-refractivity contribution in [1.29, 1.82) is 0 Å². The predicted molar refractivity (Wildman–Crippen MR) is 117 cm³/mol. The van der Waals surface area contributed by atoms with E-state index >= 15 is 0 Å². The molecule has 2 aromatic heterocycles.